The molecule has 1 heterocycles. The van der Waals surface area contributed by atoms with Gasteiger partial charge in [-0.3, -0.25) is 4.99 Å². The molecule has 0 bridgehead atoms. The van der Waals surface area contributed by atoms with Crippen molar-refractivity contribution < 1.29 is 13.5 Å². The molecule has 0 amide bonds. The van der Waals surface area contributed by atoms with E-state index >= 15 is 0 Å². The van der Waals surface area contributed by atoms with E-state index in [0.717, 1.165) is 18.7 Å². The topological polar surface area (TPSA) is 58.8 Å². The van der Waals surface area contributed by atoms with Crippen LogP contribution >= 0.6 is 24.0 Å². The van der Waals surface area contributed by atoms with Gasteiger partial charge < -0.3 is 19.8 Å². The summed E-state index contributed by atoms with van der Waals surface area (Å²) in [6.07, 6.45) is 2.46. The van der Waals surface area contributed by atoms with Gasteiger partial charge in [0, 0.05) is 32.3 Å². The number of nitrogens with one attached hydrogen (secondary N) is 2. The van der Waals surface area contributed by atoms with Gasteiger partial charge in [0.2, 0.25) is 0 Å². The highest BCUT2D eigenvalue weighted by Gasteiger charge is 2.02. The number of rotatable bonds is 8. The summed E-state index contributed by atoms with van der Waals surface area (Å²) in [6, 6.07) is 10.4. The zero-order valence-corrected chi connectivity index (χ0v) is 16.0. The van der Waals surface area contributed by atoms with Crippen molar-refractivity contribution in [3.05, 3.63) is 59.8 Å². The second kappa shape index (κ2) is 11.9. The quantitative estimate of drug-likeness (QED) is 0.282. The molecule has 0 radical (unpaired) electrons. The second-order valence-electron chi connectivity index (χ2n) is 4.93. The number of guanidine groups is 1. The summed E-state index contributed by atoms with van der Waals surface area (Å²) in [7, 11) is 1.68. The Labute approximate surface area is 158 Å². The maximum atomic E-state index is 13.5. The summed E-state index contributed by atoms with van der Waals surface area (Å²) < 4.78 is 24.2. The molecule has 132 valence electrons. The average molecular weight is 447 g/mol. The van der Waals surface area contributed by atoms with Crippen molar-refractivity contribution in [3.63, 3.8) is 0 Å². The van der Waals surface area contributed by atoms with Gasteiger partial charge in [0.25, 0.3) is 0 Å². The molecule has 2 N–H and O–H groups in total. The molecular formula is C17H23FIN3O2. The van der Waals surface area contributed by atoms with Crippen molar-refractivity contribution >= 4 is 29.9 Å². The van der Waals surface area contributed by atoms with Crippen molar-refractivity contribution in [1.82, 2.24) is 10.6 Å². The second-order valence-corrected chi connectivity index (χ2v) is 4.93. The van der Waals surface area contributed by atoms with E-state index in [1.54, 1.807) is 25.4 Å². The number of hydrogen-bond acceptors (Lipinski definition) is 3. The fourth-order valence-corrected chi connectivity index (χ4v) is 1.99. The van der Waals surface area contributed by atoms with Crippen LogP contribution in [0.15, 0.2) is 52.1 Å². The summed E-state index contributed by atoms with van der Waals surface area (Å²) in [5, 5.41) is 6.25. The van der Waals surface area contributed by atoms with E-state index in [9.17, 15) is 4.39 Å². The molecule has 0 aliphatic carbocycles. The third-order valence-corrected chi connectivity index (χ3v) is 3.21. The third-order valence-electron chi connectivity index (χ3n) is 3.21. The largest absolute Gasteiger partial charge is 0.467 e. The molecule has 1 aromatic heterocycles. The highest BCUT2D eigenvalue weighted by atomic mass is 127. The zero-order valence-electron chi connectivity index (χ0n) is 13.6. The average Bonchev–Trinajstić information content (AvgIpc) is 3.08. The highest BCUT2D eigenvalue weighted by Crippen LogP contribution is 2.05. The van der Waals surface area contributed by atoms with Crippen molar-refractivity contribution in [3.8, 4) is 0 Å². The third kappa shape index (κ3) is 7.31. The van der Waals surface area contributed by atoms with E-state index in [1.807, 2.05) is 18.2 Å². The van der Waals surface area contributed by atoms with Gasteiger partial charge in [-0.15, -0.1) is 24.0 Å². The molecule has 7 heteroatoms. The van der Waals surface area contributed by atoms with Crippen LogP contribution in [0.4, 0.5) is 4.39 Å². The van der Waals surface area contributed by atoms with Crippen LogP contribution in [0.3, 0.4) is 0 Å². The van der Waals surface area contributed by atoms with Crippen molar-refractivity contribution in [2.24, 2.45) is 4.99 Å². The monoisotopic (exact) mass is 447 g/mol. The van der Waals surface area contributed by atoms with Crippen molar-refractivity contribution in [2.45, 2.75) is 19.6 Å². The fraction of sp³-hybridized carbons (Fsp3) is 0.353. The first-order valence-corrected chi connectivity index (χ1v) is 7.57. The van der Waals surface area contributed by atoms with Crippen LogP contribution in [-0.2, 0) is 17.9 Å². The Morgan fingerprint density at radius 3 is 2.75 bits per heavy atom. The van der Waals surface area contributed by atoms with Gasteiger partial charge in [-0.25, -0.2) is 4.39 Å². The number of furan rings is 1. The standard InChI is InChI=1S/C17H22FN3O2.HI/c1-19-17(21-12-14-6-2-3-8-16(14)18)20-9-5-10-22-13-15-7-4-11-23-15;/h2-4,6-8,11H,5,9-10,12-13H2,1H3,(H2,19,20,21);1H. The maximum absolute atomic E-state index is 13.5. The molecule has 0 aliphatic rings. The van der Waals surface area contributed by atoms with Gasteiger partial charge in [0.15, 0.2) is 5.96 Å². The Bertz CT molecular complexity index is 606. The zero-order chi connectivity index (χ0) is 16.3. The van der Waals surface area contributed by atoms with E-state index < -0.39 is 0 Å². The lowest BCUT2D eigenvalue weighted by atomic mass is 10.2. The number of ether oxygens (including phenoxy) is 1. The van der Waals surface area contributed by atoms with E-state index in [-0.39, 0.29) is 29.8 Å². The van der Waals surface area contributed by atoms with Gasteiger partial charge in [0.05, 0.1) is 6.26 Å². The van der Waals surface area contributed by atoms with Crippen LogP contribution in [0.5, 0.6) is 0 Å². The molecule has 5 nitrogen and oxygen atoms in total. The molecule has 2 rings (SSSR count). The Hall–Kier alpha value is -1.61. The lowest BCUT2D eigenvalue weighted by molar-refractivity contribution is 0.105. The van der Waals surface area contributed by atoms with Gasteiger partial charge >= 0.3 is 0 Å². The Morgan fingerprint density at radius 1 is 1.21 bits per heavy atom. The van der Waals surface area contributed by atoms with Crippen molar-refractivity contribution in [1.29, 1.82) is 0 Å². The molecular weight excluding hydrogens is 424 g/mol. The molecule has 0 saturated heterocycles. The number of halogens is 2. The van der Waals surface area contributed by atoms with E-state index in [2.05, 4.69) is 15.6 Å². The number of benzene rings is 1. The Morgan fingerprint density at radius 2 is 2.04 bits per heavy atom. The molecule has 0 aliphatic heterocycles. The van der Waals surface area contributed by atoms with E-state index in [0.29, 0.717) is 31.3 Å². The smallest absolute Gasteiger partial charge is 0.191 e. The predicted octanol–water partition coefficient (Wildman–Crippen LogP) is 3.31. The number of hydrogen-bond donors (Lipinski definition) is 2. The van der Waals surface area contributed by atoms with Crippen LogP contribution in [0, 0.1) is 5.82 Å². The van der Waals surface area contributed by atoms with E-state index in [1.165, 1.54) is 6.07 Å². The summed E-state index contributed by atoms with van der Waals surface area (Å²) in [6.45, 7) is 2.21. The Balaban J connectivity index is 0.00000288. The molecule has 0 saturated carbocycles. The minimum atomic E-state index is -0.221. The van der Waals surface area contributed by atoms with Crippen LogP contribution in [0.1, 0.15) is 17.7 Å². The molecule has 2 aromatic rings. The first kappa shape index (κ1) is 20.4. The maximum Gasteiger partial charge on any atom is 0.191 e. The van der Waals surface area contributed by atoms with Crippen molar-refractivity contribution in [2.75, 3.05) is 20.2 Å². The first-order valence-electron chi connectivity index (χ1n) is 7.57. The molecule has 0 fully saturated rings. The van der Waals surface area contributed by atoms with Crippen LogP contribution in [-0.4, -0.2) is 26.2 Å². The molecule has 0 unspecified atom stereocenters. The molecule has 0 atom stereocenters. The van der Waals surface area contributed by atoms with Crippen LogP contribution < -0.4 is 10.6 Å². The highest BCUT2D eigenvalue weighted by molar-refractivity contribution is 14.0. The number of aliphatic imine (C=N–C) groups is 1. The van der Waals surface area contributed by atoms with Gasteiger partial charge in [-0.2, -0.15) is 0 Å². The summed E-state index contributed by atoms with van der Waals surface area (Å²) in [5.41, 5.74) is 0.609. The SMILES string of the molecule is CN=C(NCCCOCc1ccco1)NCc1ccccc1F.I. The summed E-state index contributed by atoms with van der Waals surface area (Å²) in [5.74, 6) is 1.24. The van der Waals surface area contributed by atoms with E-state index in [4.69, 9.17) is 9.15 Å². The molecule has 0 spiro atoms. The molecule has 1 aromatic carbocycles. The minimum Gasteiger partial charge on any atom is -0.467 e. The first-order chi connectivity index (χ1) is 11.3. The lowest BCUT2D eigenvalue weighted by Crippen LogP contribution is -2.37. The lowest BCUT2D eigenvalue weighted by Gasteiger charge is -2.12. The van der Waals surface area contributed by atoms with Crippen LogP contribution in [0.25, 0.3) is 0 Å². The summed E-state index contributed by atoms with van der Waals surface area (Å²) in [4.78, 5) is 4.11. The number of nitrogens with zero attached hydrogens (tertiary/aromatic N) is 1. The van der Waals surface area contributed by atoms with Gasteiger partial charge in [-0.1, -0.05) is 18.2 Å². The minimum absolute atomic E-state index is 0. The fourth-order valence-electron chi connectivity index (χ4n) is 1.99. The van der Waals surface area contributed by atoms with Gasteiger partial charge in [-0.05, 0) is 24.6 Å². The summed E-state index contributed by atoms with van der Waals surface area (Å²) >= 11 is 0. The van der Waals surface area contributed by atoms with Gasteiger partial charge in [0.1, 0.15) is 18.2 Å². The predicted molar refractivity (Wildman–Crippen MR) is 103 cm³/mol. The van der Waals surface area contributed by atoms with Crippen LogP contribution in [0.2, 0.25) is 0 Å². The normalized spacial score (nSPS) is 11.0. The Kier molecular flexibility index (Phi) is 10.1. The molecule has 24 heavy (non-hydrogen) atoms.